The van der Waals surface area contributed by atoms with Gasteiger partial charge in [-0.1, -0.05) is 38.8 Å². The molecule has 1 unspecified atom stereocenters. The molecule has 0 aliphatic carbocycles. The second kappa shape index (κ2) is 7.72. The molecule has 3 N–H and O–H groups in total. The first-order valence-electron chi connectivity index (χ1n) is 9.42. The van der Waals surface area contributed by atoms with E-state index in [2.05, 4.69) is 12.2 Å². The van der Waals surface area contributed by atoms with E-state index in [9.17, 15) is 4.79 Å². The van der Waals surface area contributed by atoms with Gasteiger partial charge in [0.1, 0.15) is 16.9 Å². The zero-order valence-electron chi connectivity index (χ0n) is 15.7. The zero-order valence-corrected chi connectivity index (χ0v) is 15.7. The van der Waals surface area contributed by atoms with Gasteiger partial charge in [-0.05, 0) is 31.9 Å². The Bertz CT molecular complexity index is 931. The molecule has 26 heavy (non-hydrogen) atoms. The van der Waals surface area contributed by atoms with Crippen molar-refractivity contribution in [3.63, 3.8) is 0 Å². The van der Waals surface area contributed by atoms with Crippen molar-refractivity contribution >= 4 is 33.9 Å². The molecule has 1 aromatic carbocycles. The molecule has 0 fully saturated rings. The molecule has 0 radical (unpaired) electrons. The number of nitrogen functional groups attached to an aromatic ring is 1. The number of nitrogens with two attached hydrogens (primary N) is 1. The Kier molecular flexibility index (Phi) is 5.40. The fourth-order valence-corrected chi connectivity index (χ4v) is 3.09. The Balaban J connectivity index is 2.16. The zero-order chi connectivity index (χ0) is 18.7. The van der Waals surface area contributed by atoms with E-state index in [1.54, 1.807) is 0 Å². The molecule has 2 heterocycles. The van der Waals surface area contributed by atoms with Crippen LogP contribution in [0.2, 0.25) is 0 Å². The number of aryl methyl sites for hydroxylation is 1. The maximum absolute atomic E-state index is 12.9. The second-order valence-electron chi connectivity index (χ2n) is 6.79. The van der Waals surface area contributed by atoms with Crippen molar-refractivity contribution in [2.75, 3.05) is 5.73 Å². The lowest BCUT2D eigenvalue weighted by Gasteiger charge is -2.11. The van der Waals surface area contributed by atoms with Crippen LogP contribution in [0.4, 0.5) is 5.82 Å². The largest absolute Gasteiger partial charge is 0.384 e. The van der Waals surface area contributed by atoms with Gasteiger partial charge in [0, 0.05) is 12.6 Å². The van der Waals surface area contributed by atoms with Crippen molar-refractivity contribution in [3.05, 3.63) is 29.8 Å². The first kappa shape index (κ1) is 18.2. The van der Waals surface area contributed by atoms with Gasteiger partial charge in [-0.25, -0.2) is 9.97 Å². The average molecular weight is 353 g/mol. The van der Waals surface area contributed by atoms with E-state index in [1.807, 2.05) is 42.7 Å². The average Bonchev–Trinajstić information content (AvgIpc) is 2.91. The van der Waals surface area contributed by atoms with Crippen LogP contribution >= 0.6 is 0 Å². The van der Waals surface area contributed by atoms with Gasteiger partial charge in [-0.3, -0.25) is 4.79 Å². The summed E-state index contributed by atoms with van der Waals surface area (Å²) in [5.74, 6) is 0.271. The van der Waals surface area contributed by atoms with E-state index in [0.29, 0.717) is 22.5 Å². The quantitative estimate of drug-likeness (QED) is 0.631. The molecule has 138 valence electrons. The van der Waals surface area contributed by atoms with Gasteiger partial charge < -0.3 is 15.6 Å². The molecular weight excluding hydrogens is 326 g/mol. The van der Waals surface area contributed by atoms with Crippen molar-refractivity contribution in [1.82, 2.24) is 19.9 Å². The molecule has 6 nitrogen and oxygen atoms in total. The molecule has 3 rings (SSSR count). The summed E-state index contributed by atoms with van der Waals surface area (Å²) in [4.78, 5) is 22.3. The van der Waals surface area contributed by atoms with Gasteiger partial charge in [0.25, 0.3) is 5.91 Å². The number of nitrogens with zero attached hydrogens (tertiary/aromatic N) is 3. The number of hydrogen-bond acceptors (Lipinski definition) is 4. The van der Waals surface area contributed by atoms with Crippen LogP contribution in [0.3, 0.4) is 0 Å². The highest BCUT2D eigenvalue weighted by Gasteiger charge is 2.24. The number of aromatic nitrogens is 3. The van der Waals surface area contributed by atoms with Crippen LogP contribution in [0.5, 0.6) is 0 Å². The Morgan fingerprint density at radius 3 is 2.54 bits per heavy atom. The summed E-state index contributed by atoms with van der Waals surface area (Å²) in [6.45, 7) is 6.92. The van der Waals surface area contributed by atoms with Crippen LogP contribution in [0, 0.1) is 0 Å². The number of para-hydroxylation sites is 2. The summed E-state index contributed by atoms with van der Waals surface area (Å²) in [6.07, 6.45) is 4.07. The van der Waals surface area contributed by atoms with Crippen LogP contribution in [-0.4, -0.2) is 26.5 Å². The van der Waals surface area contributed by atoms with Gasteiger partial charge >= 0.3 is 0 Å². The Morgan fingerprint density at radius 1 is 1.19 bits per heavy atom. The third-order valence-electron chi connectivity index (χ3n) is 4.79. The molecular formula is C20H27N5O. The van der Waals surface area contributed by atoms with Gasteiger partial charge in [0.05, 0.1) is 11.0 Å². The standard InChI is InChI=1S/C20H27N5O/c1-4-6-9-12-25-18(21)16(20(26)22-13(3)5-2)17-19(25)24-15-11-8-7-10-14(15)23-17/h7-8,10-11,13H,4-6,9,12,21H2,1-3H3,(H,22,26). The van der Waals surface area contributed by atoms with Crippen molar-refractivity contribution < 1.29 is 4.79 Å². The number of carbonyl (C=O) groups is 1. The van der Waals surface area contributed by atoms with Crippen molar-refractivity contribution in [2.24, 2.45) is 0 Å². The van der Waals surface area contributed by atoms with Crippen LogP contribution in [0.15, 0.2) is 24.3 Å². The van der Waals surface area contributed by atoms with E-state index in [0.717, 1.165) is 43.3 Å². The summed E-state index contributed by atoms with van der Waals surface area (Å²) in [7, 11) is 0. The maximum atomic E-state index is 12.9. The minimum Gasteiger partial charge on any atom is -0.384 e. The molecule has 0 aliphatic heterocycles. The SMILES string of the molecule is CCCCCn1c(N)c(C(=O)NC(C)CC)c2nc3ccccc3nc21. The first-order chi connectivity index (χ1) is 12.6. The number of fused-ring (bicyclic) bond motifs is 2. The van der Waals surface area contributed by atoms with Gasteiger partial charge in [0.15, 0.2) is 5.65 Å². The predicted molar refractivity (Wildman–Crippen MR) is 106 cm³/mol. The van der Waals surface area contributed by atoms with Gasteiger partial charge in [-0.2, -0.15) is 0 Å². The van der Waals surface area contributed by atoms with Crippen molar-refractivity contribution in [2.45, 2.75) is 59.0 Å². The Hall–Kier alpha value is -2.63. The minimum atomic E-state index is -0.180. The van der Waals surface area contributed by atoms with Gasteiger partial charge in [0.2, 0.25) is 0 Å². The Labute approximate surface area is 153 Å². The highest BCUT2D eigenvalue weighted by molar-refractivity contribution is 6.10. The van der Waals surface area contributed by atoms with Crippen molar-refractivity contribution in [3.8, 4) is 0 Å². The molecule has 1 amide bonds. The predicted octanol–water partition coefficient (Wildman–Crippen LogP) is 3.89. The fourth-order valence-electron chi connectivity index (χ4n) is 3.09. The third-order valence-corrected chi connectivity index (χ3v) is 4.79. The molecule has 6 heteroatoms. The number of carbonyl (C=O) groups excluding carboxylic acids is 1. The number of nitrogens with one attached hydrogen (secondary N) is 1. The lowest BCUT2D eigenvalue weighted by atomic mass is 10.2. The molecule has 0 saturated heterocycles. The van der Waals surface area contributed by atoms with Crippen molar-refractivity contribution in [1.29, 1.82) is 0 Å². The first-order valence-corrected chi connectivity index (χ1v) is 9.42. The highest BCUT2D eigenvalue weighted by Crippen LogP contribution is 2.28. The molecule has 3 aromatic rings. The molecule has 1 atom stereocenters. The molecule has 0 aliphatic rings. The summed E-state index contributed by atoms with van der Waals surface area (Å²) >= 11 is 0. The summed E-state index contributed by atoms with van der Waals surface area (Å²) in [6, 6.07) is 7.77. The summed E-state index contributed by atoms with van der Waals surface area (Å²) < 4.78 is 1.94. The van der Waals surface area contributed by atoms with Crippen LogP contribution < -0.4 is 11.1 Å². The number of anilines is 1. The lowest BCUT2D eigenvalue weighted by Crippen LogP contribution is -2.32. The molecule has 2 aromatic heterocycles. The lowest BCUT2D eigenvalue weighted by molar-refractivity contribution is 0.0941. The van der Waals surface area contributed by atoms with E-state index < -0.39 is 0 Å². The van der Waals surface area contributed by atoms with E-state index in [1.165, 1.54) is 0 Å². The summed E-state index contributed by atoms with van der Waals surface area (Å²) in [5.41, 5.74) is 9.69. The monoisotopic (exact) mass is 353 g/mol. The summed E-state index contributed by atoms with van der Waals surface area (Å²) in [5, 5.41) is 3.01. The van der Waals surface area contributed by atoms with E-state index in [4.69, 9.17) is 15.7 Å². The number of rotatable bonds is 7. The molecule has 0 saturated carbocycles. The van der Waals surface area contributed by atoms with E-state index >= 15 is 0 Å². The third kappa shape index (κ3) is 3.36. The Morgan fingerprint density at radius 2 is 1.88 bits per heavy atom. The van der Waals surface area contributed by atoms with Gasteiger partial charge in [-0.15, -0.1) is 0 Å². The fraction of sp³-hybridized carbons (Fsp3) is 0.450. The van der Waals surface area contributed by atoms with E-state index in [-0.39, 0.29) is 11.9 Å². The normalized spacial score (nSPS) is 12.6. The number of hydrogen-bond donors (Lipinski definition) is 2. The second-order valence-corrected chi connectivity index (χ2v) is 6.79. The van der Waals surface area contributed by atoms with Crippen LogP contribution in [0.1, 0.15) is 56.8 Å². The highest BCUT2D eigenvalue weighted by atomic mass is 16.1. The number of unbranched alkanes of at least 4 members (excludes halogenated alkanes) is 2. The molecule has 0 bridgehead atoms. The minimum absolute atomic E-state index is 0.0776. The smallest absolute Gasteiger partial charge is 0.257 e. The topological polar surface area (TPSA) is 85.8 Å². The molecule has 0 spiro atoms. The maximum Gasteiger partial charge on any atom is 0.257 e. The van der Waals surface area contributed by atoms with Crippen LogP contribution in [-0.2, 0) is 6.54 Å². The van der Waals surface area contributed by atoms with Crippen LogP contribution in [0.25, 0.3) is 22.2 Å². The number of amides is 1. The number of benzene rings is 1.